The number of hydrogen-bond donors (Lipinski definition) is 1. The number of anilines is 1. The van der Waals surface area contributed by atoms with Gasteiger partial charge in [-0.2, -0.15) is 5.06 Å². The molecule has 1 atom stereocenters. The molecule has 2 saturated heterocycles. The summed E-state index contributed by atoms with van der Waals surface area (Å²) in [4.78, 5) is 45.6. The molecular formula is C18H22FN7O3. The second-order valence-corrected chi connectivity index (χ2v) is 7.13. The molecule has 11 heteroatoms. The Hall–Kier alpha value is -3.08. The molecule has 0 spiro atoms. The Labute approximate surface area is 166 Å². The summed E-state index contributed by atoms with van der Waals surface area (Å²) in [5.74, 6) is -0.739. The normalized spacial score (nSPS) is 22.7. The van der Waals surface area contributed by atoms with Gasteiger partial charge in [0.15, 0.2) is 5.83 Å². The molecule has 154 valence electrons. The summed E-state index contributed by atoms with van der Waals surface area (Å²) in [7, 11) is 0. The maximum Gasteiger partial charge on any atom is 0.267 e. The molecule has 2 amide bonds. The Morgan fingerprint density at radius 2 is 2.00 bits per heavy atom. The average Bonchev–Trinajstić information content (AvgIpc) is 3.23. The molecule has 0 radical (unpaired) electrons. The number of allylic oxidation sites excluding steroid dienone is 1. The van der Waals surface area contributed by atoms with Gasteiger partial charge in [-0.05, 0) is 12.8 Å². The van der Waals surface area contributed by atoms with Crippen LogP contribution < -0.4 is 10.6 Å². The molecule has 0 aliphatic carbocycles. The van der Waals surface area contributed by atoms with E-state index in [1.54, 1.807) is 11.0 Å². The smallest absolute Gasteiger partial charge is 0.267 e. The summed E-state index contributed by atoms with van der Waals surface area (Å²) in [6.45, 7) is 1.90. The molecule has 0 aromatic carbocycles. The van der Waals surface area contributed by atoms with Crippen molar-refractivity contribution >= 4 is 23.8 Å². The van der Waals surface area contributed by atoms with Crippen LogP contribution in [0.25, 0.3) is 0 Å². The number of aromatic nitrogens is 2. The van der Waals surface area contributed by atoms with Crippen molar-refractivity contribution in [3.05, 3.63) is 30.1 Å². The van der Waals surface area contributed by atoms with Crippen LogP contribution in [0.5, 0.6) is 0 Å². The number of nitrogens with two attached hydrogens (primary N) is 1. The van der Waals surface area contributed by atoms with Crippen LogP contribution in [0.4, 0.5) is 10.2 Å². The third-order valence-corrected chi connectivity index (χ3v) is 5.30. The van der Waals surface area contributed by atoms with Crippen LogP contribution in [0, 0.1) is 5.92 Å². The number of nitrogens with zero attached hydrogens (tertiary/aromatic N) is 6. The fraction of sp³-hybridized carbons (Fsp3) is 0.500. The maximum atomic E-state index is 13.5. The van der Waals surface area contributed by atoms with E-state index in [9.17, 15) is 14.0 Å². The van der Waals surface area contributed by atoms with E-state index < -0.39 is 11.7 Å². The monoisotopic (exact) mass is 403 g/mol. The Bertz CT molecular complexity index is 854. The Kier molecular flexibility index (Phi) is 5.38. The lowest BCUT2D eigenvalue weighted by Gasteiger charge is -2.37. The van der Waals surface area contributed by atoms with E-state index in [0.717, 1.165) is 0 Å². The summed E-state index contributed by atoms with van der Waals surface area (Å²) >= 11 is 0. The molecule has 4 heterocycles. The zero-order valence-electron chi connectivity index (χ0n) is 15.8. The van der Waals surface area contributed by atoms with Gasteiger partial charge in [-0.1, -0.05) is 0 Å². The number of hydrogen-bond acceptors (Lipinski definition) is 8. The van der Waals surface area contributed by atoms with Gasteiger partial charge in [-0.15, -0.1) is 0 Å². The zero-order chi connectivity index (χ0) is 20.4. The van der Waals surface area contributed by atoms with E-state index in [2.05, 4.69) is 15.0 Å². The highest BCUT2D eigenvalue weighted by atomic mass is 19.1. The lowest BCUT2D eigenvalue weighted by Crippen LogP contribution is -2.49. The first-order valence-electron chi connectivity index (χ1n) is 9.48. The van der Waals surface area contributed by atoms with Crippen molar-refractivity contribution in [3.63, 3.8) is 0 Å². The van der Waals surface area contributed by atoms with Crippen molar-refractivity contribution in [1.82, 2.24) is 19.9 Å². The van der Waals surface area contributed by atoms with Crippen LogP contribution in [0.1, 0.15) is 29.8 Å². The van der Waals surface area contributed by atoms with E-state index >= 15 is 0 Å². The molecule has 2 N–H and O–H groups in total. The van der Waals surface area contributed by atoms with Crippen LogP contribution in [-0.2, 0) is 9.63 Å². The minimum atomic E-state index is -0.608. The SMILES string of the molecule is NC(=O)c1cc(N2CCC(C(=O)N3OCC[C@H]3N3C=C(F)C=NC3)CC2)ncn1. The second-order valence-electron chi connectivity index (χ2n) is 7.13. The average molecular weight is 403 g/mol. The maximum absolute atomic E-state index is 13.5. The number of halogens is 1. The minimum absolute atomic E-state index is 0.101. The highest BCUT2D eigenvalue weighted by molar-refractivity contribution is 5.91. The van der Waals surface area contributed by atoms with Gasteiger partial charge < -0.3 is 15.5 Å². The van der Waals surface area contributed by atoms with Crippen molar-refractivity contribution in [2.75, 3.05) is 31.3 Å². The van der Waals surface area contributed by atoms with Crippen LogP contribution in [0.15, 0.2) is 29.4 Å². The highest BCUT2D eigenvalue weighted by Crippen LogP contribution is 2.28. The lowest BCUT2D eigenvalue weighted by atomic mass is 9.95. The Morgan fingerprint density at radius 3 is 2.72 bits per heavy atom. The number of primary amides is 1. The molecule has 2 fully saturated rings. The number of hydroxylamine groups is 2. The number of carbonyl (C=O) groups excluding carboxylic acids is 2. The number of rotatable bonds is 4. The predicted octanol–water partition coefficient (Wildman–Crippen LogP) is 0.437. The number of piperidine rings is 1. The standard InChI is InChI=1S/C18H22FN7O3/c19-13-8-21-11-25(9-13)16-3-6-29-26(16)18(28)12-1-4-24(5-2-12)15-7-14(17(20)27)22-10-23-15/h7-10,12,16H,1-6,11H2,(H2,20,27)/t16-/m0/s1. The number of carbonyl (C=O) groups is 2. The van der Waals surface area contributed by atoms with Gasteiger partial charge in [0.05, 0.1) is 12.8 Å². The first-order valence-corrected chi connectivity index (χ1v) is 9.48. The quantitative estimate of drug-likeness (QED) is 0.775. The minimum Gasteiger partial charge on any atom is -0.364 e. The van der Waals surface area contributed by atoms with Crippen molar-refractivity contribution in [1.29, 1.82) is 0 Å². The van der Waals surface area contributed by atoms with E-state index in [1.807, 2.05) is 4.90 Å². The molecule has 0 saturated carbocycles. The van der Waals surface area contributed by atoms with E-state index in [4.69, 9.17) is 10.6 Å². The van der Waals surface area contributed by atoms with Gasteiger partial charge >= 0.3 is 0 Å². The lowest BCUT2D eigenvalue weighted by molar-refractivity contribution is -0.191. The van der Waals surface area contributed by atoms with Crippen molar-refractivity contribution in [2.24, 2.45) is 16.6 Å². The summed E-state index contributed by atoms with van der Waals surface area (Å²) in [6.07, 6.45) is 5.31. The first-order chi connectivity index (χ1) is 14.0. The topological polar surface area (TPSA) is 117 Å². The molecule has 0 bridgehead atoms. The molecule has 0 unspecified atom stereocenters. The molecule has 3 aliphatic heterocycles. The molecule has 3 aliphatic rings. The molecular weight excluding hydrogens is 381 g/mol. The van der Waals surface area contributed by atoms with Crippen LogP contribution in [-0.4, -0.2) is 70.5 Å². The van der Waals surface area contributed by atoms with Gasteiger partial charge in [0.1, 0.15) is 30.7 Å². The highest BCUT2D eigenvalue weighted by Gasteiger charge is 2.39. The van der Waals surface area contributed by atoms with Gasteiger partial charge in [0.25, 0.3) is 11.8 Å². The van der Waals surface area contributed by atoms with Crippen LogP contribution in [0.3, 0.4) is 0 Å². The van der Waals surface area contributed by atoms with E-state index in [0.29, 0.717) is 51.4 Å². The first kappa shape index (κ1) is 19.2. The van der Waals surface area contributed by atoms with Gasteiger partial charge in [-0.25, -0.2) is 14.4 Å². The Morgan fingerprint density at radius 1 is 1.21 bits per heavy atom. The van der Waals surface area contributed by atoms with Gasteiger partial charge in [0, 0.05) is 37.7 Å². The van der Waals surface area contributed by atoms with Crippen LogP contribution in [0.2, 0.25) is 0 Å². The molecule has 1 aromatic rings. The van der Waals surface area contributed by atoms with E-state index in [1.165, 1.54) is 23.8 Å². The predicted molar refractivity (Wildman–Crippen MR) is 101 cm³/mol. The van der Waals surface area contributed by atoms with Crippen molar-refractivity contribution in [3.8, 4) is 0 Å². The van der Waals surface area contributed by atoms with E-state index in [-0.39, 0.29) is 23.7 Å². The third kappa shape index (κ3) is 4.04. The van der Waals surface area contributed by atoms with Crippen molar-refractivity contribution in [2.45, 2.75) is 25.4 Å². The number of amides is 2. The summed E-state index contributed by atoms with van der Waals surface area (Å²) in [6, 6.07) is 1.56. The Balaban J connectivity index is 1.38. The largest absolute Gasteiger partial charge is 0.364 e. The third-order valence-electron chi connectivity index (χ3n) is 5.30. The number of aliphatic imine (C=N–C) groups is 1. The fourth-order valence-corrected chi connectivity index (χ4v) is 3.80. The summed E-state index contributed by atoms with van der Waals surface area (Å²) in [5, 5.41) is 1.38. The zero-order valence-corrected chi connectivity index (χ0v) is 15.8. The molecule has 10 nitrogen and oxygen atoms in total. The summed E-state index contributed by atoms with van der Waals surface area (Å²) in [5.41, 5.74) is 5.43. The molecule has 1 aromatic heterocycles. The molecule has 4 rings (SSSR count). The molecule has 29 heavy (non-hydrogen) atoms. The van der Waals surface area contributed by atoms with Crippen molar-refractivity contribution < 1.29 is 18.8 Å². The van der Waals surface area contributed by atoms with Gasteiger partial charge in [0.2, 0.25) is 0 Å². The van der Waals surface area contributed by atoms with Gasteiger partial charge in [-0.3, -0.25) is 19.4 Å². The second kappa shape index (κ2) is 8.11. The fourth-order valence-electron chi connectivity index (χ4n) is 3.80. The summed E-state index contributed by atoms with van der Waals surface area (Å²) < 4.78 is 13.5. The van der Waals surface area contributed by atoms with Crippen LogP contribution >= 0.6 is 0 Å².